The van der Waals surface area contributed by atoms with Crippen molar-refractivity contribution < 1.29 is 17.9 Å². The van der Waals surface area contributed by atoms with Crippen LogP contribution in [0.4, 0.5) is 13.2 Å². The zero-order valence-electron chi connectivity index (χ0n) is 17.7. The molecule has 0 saturated heterocycles. The molecule has 30 heavy (non-hydrogen) atoms. The Labute approximate surface area is 174 Å². The molecule has 0 aliphatic rings. The molecule has 2 N–H and O–H groups in total. The molecule has 0 radical (unpaired) electrons. The van der Waals surface area contributed by atoms with Crippen LogP contribution in [0, 0.1) is 0 Å². The molecule has 7 nitrogen and oxygen atoms in total. The Hall–Kier alpha value is -2.59. The summed E-state index contributed by atoms with van der Waals surface area (Å²) in [6.45, 7) is -0.140. The number of ether oxygens (including phenoxy) is 1. The maximum absolute atomic E-state index is 12.1. The maximum Gasteiger partial charge on any atom is 0.411 e. The van der Waals surface area contributed by atoms with Crippen molar-refractivity contribution in [2.24, 2.45) is 12.0 Å². The Bertz CT molecular complexity index is 802. The Morgan fingerprint density at radius 1 is 1.20 bits per heavy atom. The Morgan fingerprint density at radius 3 is 2.40 bits per heavy atom. The van der Waals surface area contributed by atoms with Crippen LogP contribution in [0.15, 0.2) is 41.7 Å². The minimum atomic E-state index is -4.31. The maximum atomic E-state index is 12.1. The molecular weight excluding hydrogens is 397 g/mol. The number of nitrogens with zero attached hydrogens (tertiary/aromatic N) is 4. The number of rotatable bonds is 9. The predicted octanol–water partition coefficient (Wildman–Crippen LogP) is 2.47. The largest absolute Gasteiger partial charge is 0.411 e. The van der Waals surface area contributed by atoms with Crippen LogP contribution in [0.2, 0.25) is 0 Å². The van der Waals surface area contributed by atoms with Gasteiger partial charge in [0.1, 0.15) is 6.61 Å². The normalized spacial score (nSPS) is 13.5. The summed E-state index contributed by atoms with van der Waals surface area (Å²) in [4.78, 5) is 6.35. The van der Waals surface area contributed by atoms with Crippen LogP contribution in [0.5, 0.6) is 0 Å². The Balaban J connectivity index is 1.82. The van der Waals surface area contributed by atoms with Crippen LogP contribution in [0.3, 0.4) is 0 Å². The highest BCUT2D eigenvalue weighted by Gasteiger charge is 2.27. The summed E-state index contributed by atoms with van der Waals surface area (Å²) in [5.74, 6) is 0.656. The van der Waals surface area contributed by atoms with Crippen molar-refractivity contribution in [1.82, 2.24) is 25.3 Å². The van der Waals surface area contributed by atoms with Crippen molar-refractivity contribution in [2.75, 3.05) is 34.3 Å². The number of benzene rings is 1. The number of alkyl halides is 3. The molecule has 0 aliphatic heterocycles. The van der Waals surface area contributed by atoms with Crippen molar-refractivity contribution in [1.29, 1.82) is 0 Å². The topological polar surface area (TPSA) is 66.7 Å². The zero-order chi connectivity index (χ0) is 22.1. The van der Waals surface area contributed by atoms with Gasteiger partial charge in [-0.25, -0.2) is 0 Å². The average molecular weight is 426 g/mol. The van der Waals surface area contributed by atoms with Crippen molar-refractivity contribution in [3.8, 4) is 0 Å². The van der Waals surface area contributed by atoms with E-state index >= 15 is 0 Å². The molecule has 0 bridgehead atoms. The van der Waals surface area contributed by atoms with Crippen molar-refractivity contribution in [3.05, 3.63) is 53.3 Å². The molecule has 1 unspecified atom stereocenters. The number of aromatic nitrogens is 2. The van der Waals surface area contributed by atoms with Crippen molar-refractivity contribution >= 4 is 5.96 Å². The molecule has 2 rings (SSSR count). The standard InChI is InChI=1S/C20H29F3N6O/c1-24-19(26-11-18(28(2)3)17-10-27-29(4)12-17)25-9-15-5-7-16(8-6-15)13-30-14-20(21,22)23/h5-8,10,12,18H,9,11,13-14H2,1-4H3,(H2,24,25,26). The number of hydrogen-bond donors (Lipinski definition) is 2. The highest BCUT2D eigenvalue weighted by molar-refractivity contribution is 5.79. The lowest BCUT2D eigenvalue weighted by atomic mass is 10.1. The highest BCUT2D eigenvalue weighted by Crippen LogP contribution is 2.17. The Kier molecular flexibility index (Phi) is 8.67. The molecule has 1 aromatic carbocycles. The summed E-state index contributed by atoms with van der Waals surface area (Å²) in [6.07, 6.45) is -0.472. The molecule has 0 aliphatic carbocycles. The second-order valence-electron chi connectivity index (χ2n) is 7.16. The van der Waals surface area contributed by atoms with Crippen molar-refractivity contribution in [2.45, 2.75) is 25.4 Å². The minimum absolute atomic E-state index is 0.0727. The lowest BCUT2D eigenvalue weighted by Crippen LogP contribution is -2.41. The molecule has 0 fully saturated rings. The van der Waals surface area contributed by atoms with Crippen molar-refractivity contribution in [3.63, 3.8) is 0 Å². The van der Waals surface area contributed by atoms with Gasteiger partial charge in [0.05, 0.1) is 18.8 Å². The van der Waals surface area contributed by atoms with Crippen LogP contribution in [0.1, 0.15) is 22.7 Å². The fourth-order valence-electron chi connectivity index (χ4n) is 2.85. The monoisotopic (exact) mass is 426 g/mol. The first-order valence-electron chi connectivity index (χ1n) is 9.49. The molecule has 0 amide bonds. The molecular formula is C20H29F3N6O. The summed E-state index contributed by atoms with van der Waals surface area (Å²) in [6, 6.07) is 7.35. The molecule has 2 aromatic rings. The van der Waals surface area contributed by atoms with Crippen LogP contribution >= 0.6 is 0 Å². The first kappa shape index (κ1) is 23.7. The van der Waals surface area contributed by atoms with Gasteiger partial charge in [-0.15, -0.1) is 0 Å². The number of nitrogens with one attached hydrogen (secondary N) is 2. The SMILES string of the molecule is CN=C(NCc1ccc(COCC(F)(F)F)cc1)NCC(c1cnn(C)c1)N(C)C. The molecule has 1 heterocycles. The van der Waals surface area contributed by atoms with Gasteiger partial charge >= 0.3 is 6.18 Å². The fraction of sp³-hybridized carbons (Fsp3) is 0.500. The van der Waals surface area contributed by atoms with E-state index in [1.54, 1.807) is 23.9 Å². The van der Waals surface area contributed by atoms with Crippen LogP contribution in [0.25, 0.3) is 0 Å². The second kappa shape index (κ2) is 11.0. The van der Waals surface area contributed by atoms with E-state index in [0.717, 1.165) is 11.1 Å². The number of aryl methyl sites for hydroxylation is 1. The molecule has 1 atom stereocenters. The molecule has 0 spiro atoms. The van der Waals surface area contributed by atoms with E-state index in [1.807, 2.05) is 45.7 Å². The van der Waals surface area contributed by atoms with Gasteiger partial charge in [-0.1, -0.05) is 24.3 Å². The van der Waals surface area contributed by atoms with Gasteiger partial charge in [-0.3, -0.25) is 9.67 Å². The lowest BCUT2D eigenvalue weighted by molar-refractivity contribution is -0.176. The summed E-state index contributed by atoms with van der Waals surface area (Å²) >= 11 is 0. The summed E-state index contributed by atoms with van der Waals surface area (Å²) in [7, 11) is 7.61. The van der Waals surface area contributed by atoms with Gasteiger partial charge in [0, 0.05) is 38.9 Å². The first-order chi connectivity index (χ1) is 14.2. The molecule has 1 aromatic heterocycles. The van der Waals surface area contributed by atoms with E-state index in [-0.39, 0.29) is 12.6 Å². The van der Waals surface area contributed by atoms with Gasteiger partial charge in [0.15, 0.2) is 5.96 Å². The number of guanidine groups is 1. The molecule has 0 saturated carbocycles. The molecule has 10 heteroatoms. The van der Waals surface area contributed by atoms with E-state index < -0.39 is 12.8 Å². The summed E-state index contributed by atoms with van der Waals surface area (Å²) < 4.78 is 42.8. The van der Waals surface area contributed by atoms with E-state index in [0.29, 0.717) is 24.6 Å². The highest BCUT2D eigenvalue weighted by atomic mass is 19.4. The first-order valence-corrected chi connectivity index (χ1v) is 9.49. The summed E-state index contributed by atoms with van der Waals surface area (Å²) in [5.41, 5.74) is 2.78. The smallest absolute Gasteiger partial charge is 0.367 e. The lowest BCUT2D eigenvalue weighted by Gasteiger charge is -2.24. The van der Waals surface area contributed by atoms with Gasteiger partial charge in [-0.2, -0.15) is 18.3 Å². The average Bonchev–Trinajstić information content (AvgIpc) is 3.10. The van der Waals surface area contributed by atoms with Crippen LogP contribution in [-0.4, -0.2) is 61.1 Å². The summed E-state index contributed by atoms with van der Waals surface area (Å²) in [5, 5.41) is 10.8. The number of aliphatic imine (C=N–C) groups is 1. The Morgan fingerprint density at radius 2 is 1.87 bits per heavy atom. The fourth-order valence-corrected chi connectivity index (χ4v) is 2.85. The van der Waals surface area contributed by atoms with Crippen LogP contribution < -0.4 is 10.6 Å². The number of likely N-dealkylation sites (N-methyl/N-ethyl adjacent to an activating group) is 1. The zero-order valence-corrected chi connectivity index (χ0v) is 17.7. The third-order valence-corrected chi connectivity index (χ3v) is 4.44. The number of hydrogen-bond acceptors (Lipinski definition) is 4. The molecule has 166 valence electrons. The quantitative estimate of drug-likeness (QED) is 0.476. The van der Waals surface area contributed by atoms with E-state index in [2.05, 4.69) is 30.4 Å². The van der Waals surface area contributed by atoms with Gasteiger partial charge in [0.2, 0.25) is 0 Å². The third kappa shape index (κ3) is 8.03. The van der Waals surface area contributed by atoms with E-state index in [4.69, 9.17) is 0 Å². The number of halogens is 3. The minimum Gasteiger partial charge on any atom is -0.367 e. The van der Waals surface area contributed by atoms with Gasteiger partial charge in [0.25, 0.3) is 0 Å². The van der Waals surface area contributed by atoms with E-state index in [1.165, 1.54) is 0 Å². The third-order valence-electron chi connectivity index (χ3n) is 4.44. The van der Waals surface area contributed by atoms with Gasteiger partial charge in [-0.05, 0) is 25.2 Å². The van der Waals surface area contributed by atoms with Crippen LogP contribution in [-0.2, 0) is 24.9 Å². The predicted molar refractivity (Wildman–Crippen MR) is 110 cm³/mol. The van der Waals surface area contributed by atoms with E-state index in [9.17, 15) is 13.2 Å². The second-order valence-corrected chi connectivity index (χ2v) is 7.16. The van der Waals surface area contributed by atoms with Gasteiger partial charge < -0.3 is 20.3 Å².